The van der Waals surface area contributed by atoms with Crippen molar-refractivity contribution >= 4 is 11.6 Å². The Hall–Kier alpha value is -0.960. The second-order valence-corrected chi connectivity index (χ2v) is 3.73. The summed E-state index contributed by atoms with van der Waals surface area (Å²) in [5, 5.41) is 0. The normalized spacial score (nSPS) is 12.2. The minimum atomic E-state index is -4.27. The minimum Gasteiger partial charge on any atom is -0.166 e. The first-order valence-corrected chi connectivity index (χ1v) is 5.44. The fraction of sp³-hybridized carbons (Fsp3) is 0.333. The molecule has 88 valence electrons. The Morgan fingerprint density at radius 1 is 1.19 bits per heavy atom. The van der Waals surface area contributed by atoms with Gasteiger partial charge in [-0.2, -0.15) is 13.2 Å². The van der Waals surface area contributed by atoms with Crippen LogP contribution in [0.3, 0.4) is 0 Å². The van der Waals surface area contributed by atoms with Crippen molar-refractivity contribution in [2.24, 2.45) is 0 Å². The van der Waals surface area contributed by atoms with E-state index in [0.717, 1.165) is 12.5 Å². The van der Waals surface area contributed by atoms with Gasteiger partial charge in [-0.05, 0) is 24.5 Å². The van der Waals surface area contributed by atoms with Crippen LogP contribution in [0.4, 0.5) is 13.2 Å². The van der Waals surface area contributed by atoms with Crippen LogP contribution in [0, 0.1) is 0 Å². The highest BCUT2D eigenvalue weighted by atomic mass is 35.5. The smallest absolute Gasteiger partial charge is 0.166 e. The summed E-state index contributed by atoms with van der Waals surface area (Å²) < 4.78 is 37.1. The predicted molar refractivity (Wildman–Crippen MR) is 59.6 cm³/mol. The lowest BCUT2D eigenvalue weighted by atomic mass is 10.1. The zero-order valence-electron chi connectivity index (χ0n) is 8.60. The van der Waals surface area contributed by atoms with E-state index in [1.807, 2.05) is 12.2 Å². The second kappa shape index (κ2) is 5.94. The molecule has 0 aliphatic heterocycles. The van der Waals surface area contributed by atoms with E-state index in [1.165, 1.54) is 12.1 Å². The van der Waals surface area contributed by atoms with Gasteiger partial charge in [0, 0.05) is 5.88 Å². The Morgan fingerprint density at radius 2 is 1.94 bits per heavy atom. The maximum absolute atomic E-state index is 12.4. The van der Waals surface area contributed by atoms with E-state index in [2.05, 4.69) is 0 Å². The van der Waals surface area contributed by atoms with Gasteiger partial charge in [0.05, 0.1) is 5.56 Å². The van der Waals surface area contributed by atoms with Gasteiger partial charge in [0.2, 0.25) is 0 Å². The first-order valence-electron chi connectivity index (χ1n) is 4.91. The summed E-state index contributed by atoms with van der Waals surface area (Å²) in [6.07, 6.45) is 0.669. The van der Waals surface area contributed by atoms with Crippen LogP contribution in [0.2, 0.25) is 0 Å². The van der Waals surface area contributed by atoms with Gasteiger partial charge in [-0.15, -0.1) is 11.6 Å². The maximum Gasteiger partial charge on any atom is 0.416 e. The molecule has 0 aliphatic carbocycles. The Labute approximate surface area is 97.7 Å². The number of allylic oxidation sites excluding steroid dienone is 2. The first kappa shape index (κ1) is 13.1. The SMILES string of the molecule is FC(F)(F)c1cccc(CC=CCCCl)c1. The molecule has 0 atom stereocenters. The number of alkyl halides is 4. The van der Waals surface area contributed by atoms with E-state index in [9.17, 15) is 13.2 Å². The fourth-order valence-electron chi connectivity index (χ4n) is 1.27. The average Bonchev–Trinajstić information content (AvgIpc) is 2.24. The molecule has 0 heterocycles. The van der Waals surface area contributed by atoms with Crippen LogP contribution in [0.25, 0.3) is 0 Å². The van der Waals surface area contributed by atoms with Crippen molar-refractivity contribution in [3.63, 3.8) is 0 Å². The molecule has 16 heavy (non-hydrogen) atoms. The van der Waals surface area contributed by atoms with Crippen molar-refractivity contribution in [3.8, 4) is 0 Å². The molecule has 1 aromatic carbocycles. The van der Waals surface area contributed by atoms with Crippen molar-refractivity contribution in [2.45, 2.75) is 19.0 Å². The van der Waals surface area contributed by atoms with Gasteiger partial charge in [-0.1, -0.05) is 30.4 Å². The largest absolute Gasteiger partial charge is 0.416 e. The summed E-state index contributed by atoms with van der Waals surface area (Å²) in [7, 11) is 0. The molecule has 0 nitrogen and oxygen atoms in total. The molecule has 0 fully saturated rings. The van der Waals surface area contributed by atoms with Crippen molar-refractivity contribution < 1.29 is 13.2 Å². The monoisotopic (exact) mass is 248 g/mol. The van der Waals surface area contributed by atoms with Crippen LogP contribution in [0.1, 0.15) is 17.5 Å². The van der Waals surface area contributed by atoms with Gasteiger partial charge in [0.25, 0.3) is 0 Å². The maximum atomic E-state index is 12.4. The highest BCUT2D eigenvalue weighted by Crippen LogP contribution is 2.29. The van der Waals surface area contributed by atoms with E-state index in [1.54, 1.807) is 6.07 Å². The zero-order valence-corrected chi connectivity index (χ0v) is 9.35. The number of hydrogen-bond donors (Lipinski definition) is 0. The van der Waals surface area contributed by atoms with E-state index in [4.69, 9.17) is 11.6 Å². The van der Waals surface area contributed by atoms with Gasteiger partial charge >= 0.3 is 6.18 Å². The van der Waals surface area contributed by atoms with Gasteiger partial charge in [-0.3, -0.25) is 0 Å². The molecule has 0 saturated carbocycles. The standard InChI is InChI=1S/C12H12ClF3/c13-8-3-1-2-5-10-6-4-7-11(9-10)12(14,15)16/h1-2,4,6-7,9H,3,5,8H2. The molecule has 0 spiro atoms. The number of benzene rings is 1. The van der Waals surface area contributed by atoms with Gasteiger partial charge in [-0.25, -0.2) is 0 Å². The second-order valence-electron chi connectivity index (χ2n) is 3.35. The van der Waals surface area contributed by atoms with E-state index < -0.39 is 11.7 Å². The summed E-state index contributed by atoms with van der Waals surface area (Å²) in [6.45, 7) is 0. The summed E-state index contributed by atoms with van der Waals surface area (Å²) in [6, 6.07) is 5.35. The van der Waals surface area contributed by atoms with Crippen LogP contribution in [-0.2, 0) is 12.6 Å². The molecule has 0 aliphatic rings. The Morgan fingerprint density at radius 3 is 2.56 bits per heavy atom. The van der Waals surface area contributed by atoms with E-state index in [0.29, 0.717) is 17.9 Å². The molecule has 0 bridgehead atoms. The lowest BCUT2D eigenvalue weighted by Crippen LogP contribution is -2.04. The van der Waals surface area contributed by atoms with Crippen LogP contribution < -0.4 is 0 Å². The summed E-state index contributed by atoms with van der Waals surface area (Å²) in [5.41, 5.74) is 0.0522. The first-order chi connectivity index (χ1) is 7.54. The molecule has 0 saturated heterocycles. The molecular formula is C12H12ClF3. The Balaban J connectivity index is 2.68. The minimum absolute atomic E-state index is 0.501. The number of rotatable bonds is 4. The van der Waals surface area contributed by atoms with Gasteiger partial charge < -0.3 is 0 Å². The molecule has 0 radical (unpaired) electrons. The number of halogens is 4. The lowest BCUT2D eigenvalue weighted by Gasteiger charge is -2.07. The summed E-state index contributed by atoms with van der Waals surface area (Å²) in [5.74, 6) is 0.527. The third-order valence-electron chi connectivity index (χ3n) is 2.05. The highest BCUT2D eigenvalue weighted by Gasteiger charge is 2.30. The molecule has 1 aromatic rings. The summed E-state index contributed by atoms with van der Waals surface area (Å²) >= 11 is 5.47. The van der Waals surface area contributed by atoms with E-state index >= 15 is 0 Å². The average molecular weight is 249 g/mol. The van der Waals surface area contributed by atoms with Crippen molar-refractivity contribution in [2.75, 3.05) is 5.88 Å². The lowest BCUT2D eigenvalue weighted by molar-refractivity contribution is -0.137. The third-order valence-corrected chi connectivity index (χ3v) is 2.27. The fourth-order valence-corrected chi connectivity index (χ4v) is 1.40. The topological polar surface area (TPSA) is 0 Å². The van der Waals surface area contributed by atoms with E-state index in [-0.39, 0.29) is 0 Å². The predicted octanol–water partition coefficient (Wildman–Crippen LogP) is 4.43. The highest BCUT2D eigenvalue weighted by molar-refractivity contribution is 6.17. The van der Waals surface area contributed by atoms with Crippen molar-refractivity contribution in [1.29, 1.82) is 0 Å². The van der Waals surface area contributed by atoms with Crippen LogP contribution in [-0.4, -0.2) is 5.88 Å². The van der Waals surface area contributed by atoms with Crippen molar-refractivity contribution in [3.05, 3.63) is 47.5 Å². The molecule has 4 heteroatoms. The Kier molecular flexibility index (Phi) is 4.87. The Bertz CT molecular complexity index is 356. The van der Waals surface area contributed by atoms with Crippen LogP contribution in [0.15, 0.2) is 36.4 Å². The van der Waals surface area contributed by atoms with Gasteiger partial charge in [0.15, 0.2) is 0 Å². The zero-order chi connectivity index (χ0) is 12.0. The number of hydrogen-bond acceptors (Lipinski definition) is 0. The molecular weight excluding hydrogens is 237 g/mol. The molecule has 0 aromatic heterocycles. The van der Waals surface area contributed by atoms with Crippen molar-refractivity contribution in [1.82, 2.24) is 0 Å². The molecule has 0 amide bonds. The molecule has 1 rings (SSSR count). The van der Waals surface area contributed by atoms with Crippen LogP contribution >= 0.6 is 11.6 Å². The molecule has 0 unspecified atom stereocenters. The van der Waals surface area contributed by atoms with Gasteiger partial charge in [0.1, 0.15) is 0 Å². The van der Waals surface area contributed by atoms with Crippen LogP contribution in [0.5, 0.6) is 0 Å². The summed E-state index contributed by atoms with van der Waals surface area (Å²) in [4.78, 5) is 0. The third kappa shape index (κ3) is 4.27. The molecule has 0 N–H and O–H groups in total. The quantitative estimate of drug-likeness (QED) is 0.546.